The van der Waals surface area contributed by atoms with Gasteiger partial charge in [-0.3, -0.25) is 4.98 Å². The van der Waals surface area contributed by atoms with E-state index in [1.807, 2.05) is 6.07 Å². The zero-order valence-corrected chi connectivity index (χ0v) is 13.8. The van der Waals surface area contributed by atoms with Gasteiger partial charge >= 0.3 is 0 Å². The Hall–Kier alpha value is -1.42. The highest BCUT2D eigenvalue weighted by Crippen LogP contribution is 2.51. The van der Waals surface area contributed by atoms with E-state index < -0.39 is 0 Å². The standard InChI is InChI=1S/C19H20ClNO2/c20-17-8-11-21-13-16(17)14-4-6-15(7-5-14)19(9-10-19)23-18-3-1-2-12-22-18/h4-8,11,13,18H,1-3,9-10,12H2. The minimum Gasteiger partial charge on any atom is -0.353 e. The minimum absolute atomic E-state index is 0.0429. The summed E-state index contributed by atoms with van der Waals surface area (Å²) in [5.41, 5.74) is 3.13. The van der Waals surface area contributed by atoms with Crippen LogP contribution in [0, 0.1) is 0 Å². The highest BCUT2D eigenvalue weighted by Gasteiger charge is 2.47. The van der Waals surface area contributed by atoms with Crippen molar-refractivity contribution in [3.63, 3.8) is 0 Å². The summed E-state index contributed by atoms with van der Waals surface area (Å²) in [7, 11) is 0. The van der Waals surface area contributed by atoms with Crippen LogP contribution in [0.15, 0.2) is 42.7 Å². The molecule has 0 bridgehead atoms. The van der Waals surface area contributed by atoms with E-state index >= 15 is 0 Å². The van der Waals surface area contributed by atoms with E-state index in [9.17, 15) is 0 Å². The summed E-state index contributed by atoms with van der Waals surface area (Å²) >= 11 is 6.25. The Kier molecular flexibility index (Phi) is 4.10. The number of hydrogen-bond acceptors (Lipinski definition) is 3. The number of halogens is 1. The minimum atomic E-state index is -0.140. The molecule has 120 valence electrons. The maximum Gasteiger partial charge on any atom is 0.158 e. The lowest BCUT2D eigenvalue weighted by Crippen LogP contribution is -2.27. The summed E-state index contributed by atoms with van der Waals surface area (Å²) in [6.07, 6.45) is 8.95. The summed E-state index contributed by atoms with van der Waals surface area (Å²) in [4.78, 5) is 4.16. The maximum atomic E-state index is 6.28. The first-order valence-electron chi connectivity index (χ1n) is 8.27. The molecule has 0 spiro atoms. The van der Waals surface area contributed by atoms with E-state index in [2.05, 4.69) is 29.2 Å². The lowest BCUT2D eigenvalue weighted by Gasteiger charge is -2.28. The van der Waals surface area contributed by atoms with E-state index in [0.717, 1.165) is 48.4 Å². The molecule has 1 aliphatic heterocycles. The lowest BCUT2D eigenvalue weighted by molar-refractivity contribution is -0.199. The average molecular weight is 330 g/mol. The summed E-state index contributed by atoms with van der Waals surface area (Å²) in [6.45, 7) is 0.819. The third-order valence-electron chi connectivity index (χ3n) is 4.69. The van der Waals surface area contributed by atoms with Gasteiger partial charge in [0.15, 0.2) is 6.29 Å². The molecule has 1 saturated carbocycles. The molecular weight excluding hydrogens is 310 g/mol. The van der Waals surface area contributed by atoms with Gasteiger partial charge in [0.05, 0.1) is 10.6 Å². The van der Waals surface area contributed by atoms with Crippen molar-refractivity contribution in [2.75, 3.05) is 6.61 Å². The molecule has 4 rings (SSSR count). The zero-order valence-electron chi connectivity index (χ0n) is 13.0. The Morgan fingerprint density at radius 2 is 1.96 bits per heavy atom. The fraction of sp³-hybridized carbons (Fsp3) is 0.421. The fourth-order valence-corrected chi connectivity index (χ4v) is 3.40. The van der Waals surface area contributed by atoms with E-state index in [-0.39, 0.29) is 11.9 Å². The monoisotopic (exact) mass is 329 g/mol. The molecule has 2 aromatic rings. The van der Waals surface area contributed by atoms with Crippen molar-refractivity contribution in [2.45, 2.75) is 44.0 Å². The molecule has 1 unspecified atom stereocenters. The molecule has 0 N–H and O–H groups in total. The molecule has 1 aromatic heterocycles. The van der Waals surface area contributed by atoms with E-state index in [0.29, 0.717) is 0 Å². The highest BCUT2D eigenvalue weighted by molar-refractivity contribution is 6.33. The van der Waals surface area contributed by atoms with Gasteiger partial charge in [0.25, 0.3) is 0 Å². The number of pyridine rings is 1. The van der Waals surface area contributed by atoms with Crippen molar-refractivity contribution >= 4 is 11.6 Å². The SMILES string of the molecule is Clc1ccncc1-c1ccc(C2(OC3CCCCO3)CC2)cc1. The molecule has 0 amide bonds. The summed E-state index contributed by atoms with van der Waals surface area (Å²) in [5, 5.41) is 0.723. The topological polar surface area (TPSA) is 31.4 Å². The third kappa shape index (κ3) is 3.14. The van der Waals surface area contributed by atoms with Crippen LogP contribution in [-0.4, -0.2) is 17.9 Å². The predicted octanol–water partition coefficient (Wildman–Crippen LogP) is 4.93. The summed E-state index contributed by atoms with van der Waals surface area (Å²) in [5.74, 6) is 0. The first-order valence-corrected chi connectivity index (χ1v) is 8.64. The van der Waals surface area contributed by atoms with Gasteiger partial charge in [-0.2, -0.15) is 0 Å². The fourth-order valence-electron chi connectivity index (χ4n) is 3.19. The largest absolute Gasteiger partial charge is 0.353 e. The molecule has 1 aromatic carbocycles. The molecule has 3 nitrogen and oxygen atoms in total. The molecule has 2 heterocycles. The Labute approximate surface area is 141 Å². The molecule has 0 radical (unpaired) electrons. The van der Waals surface area contributed by atoms with Gasteiger partial charge in [0, 0.05) is 24.6 Å². The van der Waals surface area contributed by atoms with Crippen LogP contribution in [0.3, 0.4) is 0 Å². The van der Waals surface area contributed by atoms with Crippen LogP contribution < -0.4 is 0 Å². The average Bonchev–Trinajstić information content (AvgIpc) is 3.37. The molecule has 1 aliphatic carbocycles. The second-order valence-corrected chi connectivity index (χ2v) is 6.75. The van der Waals surface area contributed by atoms with Crippen molar-refractivity contribution in [3.05, 3.63) is 53.3 Å². The number of ether oxygens (including phenoxy) is 2. The smallest absolute Gasteiger partial charge is 0.158 e. The van der Waals surface area contributed by atoms with Crippen molar-refractivity contribution in [3.8, 4) is 11.1 Å². The molecule has 23 heavy (non-hydrogen) atoms. The van der Waals surface area contributed by atoms with Gasteiger partial charge in [0.2, 0.25) is 0 Å². The van der Waals surface area contributed by atoms with Gasteiger partial charge in [-0.1, -0.05) is 35.9 Å². The van der Waals surface area contributed by atoms with Crippen molar-refractivity contribution in [1.29, 1.82) is 0 Å². The lowest BCUT2D eigenvalue weighted by atomic mass is 10.0. The van der Waals surface area contributed by atoms with Gasteiger partial charge in [-0.25, -0.2) is 0 Å². The number of benzene rings is 1. The summed E-state index contributed by atoms with van der Waals surface area (Å²) < 4.78 is 12.0. The number of nitrogens with zero attached hydrogens (tertiary/aromatic N) is 1. The van der Waals surface area contributed by atoms with Crippen LogP contribution in [0.25, 0.3) is 11.1 Å². The number of rotatable bonds is 4. The van der Waals surface area contributed by atoms with E-state index in [1.165, 1.54) is 12.0 Å². The summed E-state index contributed by atoms with van der Waals surface area (Å²) in [6, 6.07) is 10.3. The zero-order chi connectivity index (χ0) is 15.7. The van der Waals surface area contributed by atoms with Crippen LogP contribution in [0.1, 0.15) is 37.7 Å². The van der Waals surface area contributed by atoms with Crippen LogP contribution in [0.4, 0.5) is 0 Å². The molecule has 2 aliphatic rings. The van der Waals surface area contributed by atoms with Gasteiger partial charge in [-0.05, 0) is 49.3 Å². The number of hydrogen-bond donors (Lipinski definition) is 0. The van der Waals surface area contributed by atoms with Crippen LogP contribution in [-0.2, 0) is 15.1 Å². The van der Waals surface area contributed by atoms with Crippen molar-refractivity contribution < 1.29 is 9.47 Å². The molecule has 4 heteroatoms. The first kappa shape index (κ1) is 15.1. The first-order chi connectivity index (χ1) is 11.3. The van der Waals surface area contributed by atoms with Gasteiger partial charge in [0.1, 0.15) is 0 Å². The molecular formula is C19H20ClNO2. The van der Waals surface area contributed by atoms with Gasteiger partial charge in [-0.15, -0.1) is 0 Å². The predicted molar refractivity (Wildman–Crippen MR) is 90.3 cm³/mol. The van der Waals surface area contributed by atoms with Crippen molar-refractivity contribution in [2.24, 2.45) is 0 Å². The highest BCUT2D eigenvalue weighted by atomic mass is 35.5. The van der Waals surface area contributed by atoms with Crippen LogP contribution in [0.5, 0.6) is 0 Å². The van der Waals surface area contributed by atoms with Crippen LogP contribution >= 0.6 is 11.6 Å². The van der Waals surface area contributed by atoms with E-state index in [4.69, 9.17) is 21.1 Å². The number of aromatic nitrogens is 1. The van der Waals surface area contributed by atoms with E-state index in [1.54, 1.807) is 12.4 Å². The van der Waals surface area contributed by atoms with Crippen LogP contribution in [0.2, 0.25) is 5.02 Å². The second-order valence-electron chi connectivity index (χ2n) is 6.34. The quantitative estimate of drug-likeness (QED) is 0.796. The Morgan fingerprint density at radius 3 is 2.61 bits per heavy atom. The molecule has 1 atom stereocenters. The molecule has 1 saturated heterocycles. The normalized spacial score (nSPS) is 22.7. The third-order valence-corrected chi connectivity index (χ3v) is 5.02. The second kappa shape index (κ2) is 6.23. The Bertz CT molecular complexity index is 676. The Morgan fingerprint density at radius 1 is 1.13 bits per heavy atom. The molecule has 2 fully saturated rings. The van der Waals surface area contributed by atoms with Gasteiger partial charge < -0.3 is 9.47 Å². The Balaban J connectivity index is 1.53. The maximum absolute atomic E-state index is 6.28. The van der Waals surface area contributed by atoms with Crippen molar-refractivity contribution in [1.82, 2.24) is 4.98 Å².